The van der Waals surface area contributed by atoms with Gasteiger partial charge in [0.1, 0.15) is 11.8 Å². The van der Waals surface area contributed by atoms with Crippen LogP contribution in [0.5, 0.6) is 5.75 Å². The number of H-pyrrole nitrogens is 1. The van der Waals surface area contributed by atoms with Crippen LogP contribution in [0, 0.1) is 18.3 Å². The SMILES string of the molecule is COc1ccc(-c2[nH]cc(C)c2C#N)cc1. The molecule has 1 aromatic carbocycles. The molecule has 1 N–H and O–H groups in total. The van der Waals surface area contributed by atoms with Crippen molar-refractivity contribution in [1.82, 2.24) is 4.98 Å². The number of methoxy groups -OCH3 is 1. The fourth-order valence-electron chi connectivity index (χ4n) is 1.65. The van der Waals surface area contributed by atoms with Crippen LogP contribution >= 0.6 is 0 Å². The number of ether oxygens (including phenoxy) is 1. The summed E-state index contributed by atoms with van der Waals surface area (Å²) in [5.74, 6) is 0.811. The van der Waals surface area contributed by atoms with Gasteiger partial charge >= 0.3 is 0 Å². The lowest BCUT2D eigenvalue weighted by atomic mass is 10.1. The Bertz CT molecular complexity index is 532. The van der Waals surface area contributed by atoms with Gasteiger partial charge in [0.2, 0.25) is 0 Å². The van der Waals surface area contributed by atoms with E-state index < -0.39 is 0 Å². The average molecular weight is 212 g/mol. The van der Waals surface area contributed by atoms with Crippen LogP contribution in [0.3, 0.4) is 0 Å². The number of rotatable bonds is 2. The monoisotopic (exact) mass is 212 g/mol. The Balaban J connectivity index is 2.47. The van der Waals surface area contributed by atoms with Crippen LogP contribution in [0.2, 0.25) is 0 Å². The number of benzene rings is 1. The average Bonchev–Trinajstić information content (AvgIpc) is 2.70. The summed E-state index contributed by atoms with van der Waals surface area (Å²) < 4.78 is 5.09. The molecule has 0 aliphatic heterocycles. The quantitative estimate of drug-likeness (QED) is 0.832. The Morgan fingerprint density at radius 3 is 2.50 bits per heavy atom. The molecule has 0 aliphatic rings. The number of aromatic amines is 1. The van der Waals surface area contributed by atoms with Crippen molar-refractivity contribution < 1.29 is 4.74 Å². The van der Waals surface area contributed by atoms with Crippen LogP contribution in [-0.4, -0.2) is 12.1 Å². The molecule has 0 spiro atoms. The summed E-state index contributed by atoms with van der Waals surface area (Å²) >= 11 is 0. The van der Waals surface area contributed by atoms with E-state index in [1.54, 1.807) is 7.11 Å². The van der Waals surface area contributed by atoms with Crippen LogP contribution in [-0.2, 0) is 0 Å². The molecule has 2 rings (SSSR count). The molecule has 16 heavy (non-hydrogen) atoms. The number of hydrogen-bond acceptors (Lipinski definition) is 2. The zero-order valence-corrected chi connectivity index (χ0v) is 9.24. The van der Waals surface area contributed by atoms with Gasteiger partial charge in [-0.1, -0.05) is 0 Å². The highest BCUT2D eigenvalue weighted by atomic mass is 16.5. The Kier molecular flexibility index (Phi) is 2.65. The van der Waals surface area contributed by atoms with Gasteiger partial charge in [0.15, 0.2) is 0 Å². The Morgan fingerprint density at radius 2 is 1.94 bits per heavy atom. The molecule has 0 unspecified atom stereocenters. The fraction of sp³-hybridized carbons (Fsp3) is 0.154. The molecule has 0 amide bonds. The van der Waals surface area contributed by atoms with Gasteiger partial charge in [-0.05, 0) is 42.3 Å². The molecule has 0 radical (unpaired) electrons. The Labute approximate surface area is 94.3 Å². The molecule has 3 heteroatoms. The first-order valence-corrected chi connectivity index (χ1v) is 4.98. The van der Waals surface area contributed by atoms with Crippen molar-refractivity contribution in [3.05, 3.63) is 41.6 Å². The predicted octanol–water partition coefficient (Wildman–Crippen LogP) is 2.87. The Morgan fingerprint density at radius 1 is 1.25 bits per heavy atom. The molecular formula is C13H12N2O. The zero-order valence-electron chi connectivity index (χ0n) is 9.24. The first-order valence-electron chi connectivity index (χ1n) is 4.98. The minimum Gasteiger partial charge on any atom is -0.497 e. The lowest BCUT2D eigenvalue weighted by molar-refractivity contribution is 0.415. The highest BCUT2D eigenvalue weighted by Crippen LogP contribution is 2.25. The second kappa shape index (κ2) is 4.11. The van der Waals surface area contributed by atoms with Crippen LogP contribution in [0.15, 0.2) is 30.5 Å². The van der Waals surface area contributed by atoms with Crippen molar-refractivity contribution >= 4 is 0 Å². The molecule has 0 atom stereocenters. The van der Waals surface area contributed by atoms with Gasteiger partial charge in [-0.15, -0.1) is 0 Å². The third-order valence-electron chi connectivity index (χ3n) is 2.57. The zero-order chi connectivity index (χ0) is 11.5. The molecule has 2 aromatic rings. The van der Waals surface area contributed by atoms with E-state index in [1.807, 2.05) is 37.4 Å². The predicted molar refractivity (Wildman–Crippen MR) is 62.2 cm³/mol. The maximum Gasteiger partial charge on any atom is 0.118 e. The van der Waals surface area contributed by atoms with Crippen molar-refractivity contribution in [2.24, 2.45) is 0 Å². The van der Waals surface area contributed by atoms with E-state index in [2.05, 4.69) is 11.1 Å². The van der Waals surface area contributed by atoms with Gasteiger partial charge in [0, 0.05) is 6.20 Å². The summed E-state index contributed by atoms with van der Waals surface area (Å²) in [6, 6.07) is 9.84. The van der Waals surface area contributed by atoms with Crippen molar-refractivity contribution in [1.29, 1.82) is 5.26 Å². The third-order valence-corrected chi connectivity index (χ3v) is 2.57. The molecular weight excluding hydrogens is 200 g/mol. The minimum absolute atomic E-state index is 0.699. The first-order chi connectivity index (χ1) is 7.76. The van der Waals surface area contributed by atoms with E-state index in [1.165, 1.54) is 0 Å². The van der Waals surface area contributed by atoms with Gasteiger partial charge < -0.3 is 9.72 Å². The van der Waals surface area contributed by atoms with E-state index in [0.29, 0.717) is 5.56 Å². The summed E-state index contributed by atoms with van der Waals surface area (Å²) in [5, 5.41) is 9.06. The van der Waals surface area contributed by atoms with E-state index in [-0.39, 0.29) is 0 Å². The van der Waals surface area contributed by atoms with Crippen LogP contribution in [0.4, 0.5) is 0 Å². The summed E-state index contributed by atoms with van der Waals surface area (Å²) in [4.78, 5) is 3.12. The Hall–Kier alpha value is -2.21. The second-order valence-electron chi connectivity index (χ2n) is 3.56. The highest BCUT2D eigenvalue weighted by Gasteiger charge is 2.09. The van der Waals surface area contributed by atoms with Crippen LogP contribution < -0.4 is 4.74 Å². The van der Waals surface area contributed by atoms with Crippen LogP contribution in [0.25, 0.3) is 11.3 Å². The topological polar surface area (TPSA) is 48.8 Å². The van der Waals surface area contributed by atoms with Crippen molar-refractivity contribution in [2.45, 2.75) is 6.92 Å². The molecule has 3 nitrogen and oxygen atoms in total. The number of aryl methyl sites for hydroxylation is 1. The maximum absolute atomic E-state index is 9.06. The molecule has 0 fully saturated rings. The van der Waals surface area contributed by atoms with Gasteiger partial charge in [0.05, 0.1) is 18.4 Å². The highest BCUT2D eigenvalue weighted by molar-refractivity contribution is 5.69. The number of nitriles is 1. The summed E-state index contributed by atoms with van der Waals surface area (Å²) in [7, 11) is 1.63. The van der Waals surface area contributed by atoms with Gasteiger partial charge in [0.25, 0.3) is 0 Å². The molecule has 0 aliphatic carbocycles. The standard InChI is InChI=1S/C13H12N2O/c1-9-8-15-13(12(9)7-14)10-3-5-11(16-2)6-4-10/h3-6,8,15H,1-2H3. The second-order valence-corrected chi connectivity index (χ2v) is 3.56. The summed E-state index contributed by atoms with van der Waals surface area (Å²) in [6.07, 6.45) is 1.85. The summed E-state index contributed by atoms with van der Waals surface area (Å²) in [5.41, 5.74) is 3.52. The van der Waals surface area contributed by atoms with E-state index >= 15 is 0 Å². The van der Waals surface area contributed by atoms with E-state index in [9.17, 15) is 0 Å². The molecule has 1 heterocycles. The first kappa shape index (κ1) is 10.3. The maximum atomic E-state index is 9.06. The third kappa shape index (κ3) is 1.66. The molecule has 80 valence electrons. The number of nitrogens with zero attached hydrogens (tertiary/aromatic N) is 1. The molecule has 0 saturated carbocycles. The lowest BCUT2D eigenvalue weighted by Crippen LogP contribution is -1.85. The number of hydrogen-bond donors (Lipinski definition) is 1. The molecule has 0 bridgehead atoms. The minimum atomic E-state index is 0.699. The smallest absolute Gasteiger partial charge is 0.118 e. The number of aromatic nitrogens is 1. The van der Waals surface area contributed by atoms with Gasteiger partial charge in [-0.3, -0.25) is 0 Å². The van der Waals surface area contributed by atoms with Crippen molar-refractivity contribution in [3.63, 3.8) is 0 Å². The molecule has 0 saturated heterocycles. The molecule has 1 aromatic heterocycles. The normalized spacial score (nSPS) is 9.81. The lowest BCUT2D eigenvalue weighted by Gasteiger charge is -2.02. The largest absolute Gasteiger partial charge is 0.497 e. The van der Waals surface area contributed by atoms with E-state index in [0.717, 1.165) is 22.6 Å². The van der Waals surface area contributed by atoms with Crippen molar-refractivity contribution in [2.75, 3.05) is 7.11 Å². The van der Waals surface area contributed by atoms with Crippen LogP contribution in [0.1, 0.15) is 11.1 Å². The fourth-order valence-corrected chi connectivity index (χ4v) is 1.65. The van der Waals surface area contributed by atoms with Gasteiger partial charge in [-0.25, -0.2) is 0 Å². The summed E-state index contributed by atoms with van der Waals surface area (Å²) in [6.45, 7) is 1.92. The van der Waals surface area contributed by atoms with E-state index in [4.69, 9.17) is 10.00 Å². The van der Waals surface area contributed by atoms with Gasteiger partial charge in [-0.2, -0.15) is 5.26 Å². The van der Waals surface area contributed by atoms with Crippen molar-refractivity contribution in [3.8, 4) is 23.1 Å². The number of nitrogens with one attached hydrogen (secondary N) is 1.